The molecule has 0 radical (unpaired) electrons. The van der Waals surface area contributed by atoms with E-state index in [4.69, 9.17) is 0 Å². The van der Waals surface area contributed by atoms with Crippen LogP contribution in [0.25, 0.3) is 0 Å². The van der Waals surface area contributed by atoms with E-state index < -0.39 is 0 Å². The molecular weight excluding hydrogens is 223 g/mol. The maximum atomic E-state index is 2.57. The van der Waals surface area contributed by atoms with Gasteiger partial charge >= 0.3 is 0 Å². The highest BCUT2D eigenvalue weighted by atomic mass is 31.1. The van der Waals surface area contributed by atoms with Crippen LogP contribution in [0.1, 0.15) is 80.6 Å². The number of hydrogen-bond donors (Lipinski definition) is 0. The standard InChI is InChI=1S/C16H31P/c1-8-13(2,3)17-14(4,5)11-16(9-10-16)12-15(17,6)7/h8-12H2,1-7H3. The molecule has 0 atom stereocenters. The monoisotopic (exact) mass is 254 g/mol. The summed E-state index contributed by atoms with van der Waals surface area (Å²) in [5.74, 6) is 0. The summed E-state index contributed by atoms with van der Waals surface area (Å²) in [6.45, 7) is 17.7. The van der Waals surface area contributed by atoms with Crippen molar-refractivity contribution in [3.8, 4) is 0 Å². The van der Waals surface area contributed by atoms with Gasteiger partial charge in [0.05, 0.1) is 0 Å². The Hall–Kier alpha value is 0.430. The summed E-state index contributed by atoms with van der Waals surface area (Å²) in [5, 5.41) is 1.69. The van der Waals surface area contributed by atoms with Crippen LogP contribution >= 0.6 is 7.92 Å². The molecule has 0 aromatic carbocycles. The fourth-order valence-corrected chi connectivity index (χ4v) is 11.4. The summed E-state index contributed by atoms with van der Waals surface area (Å²) < 4.78 is 0. The topological polar surface area (TPSA) is 0 Å². The van der Waals surface area contributed by atoms with Gasteiger partial charge in [0, 0.05) is 0 Å². The Kier molecular flexibility index (Phi) is 3.03. The van der Waals surface area contributed by atoms with E-state index in [9.17, 15) is 0 Å². The van der Waals surface area contributed by atoms with Crippen LogP contribution in [0, 0.1) is 5.41 Å². The summed E-state index contributed by atoms with van der Waals surface area (Å²) in [7, 11) is 0.0799. The zero-order valence-electron chi connectivity index (χ0n) is 13.0. The van der Waals surface area contributed by atoms with Crippen LogP contribution in [-0.4, -0.2) is 15.5 Å². The molecule has 1 aliphatic heterocycles. The highest BCUT2D eigenvalue weighted by Gasteiger charge is 2.60. The normalized spacial score (nSPS) is 30.5. The molecule has 1 saturated carbocycles. The second kappa shape index (κ2) is 3.72. The molecular formula is C16H31P. The first kappa shape index (κ1) is 13.9. The lowest BCUT2D eigenvalue weighted by atomic mass is 9.84. The quantitative estimate of drug-likeness (QED) is 0.547. The third-order valence-electron chi connectivity index (χ3n) is 5.25. The smallest absolute Gasteiger partial charge is 0.0136 e. The van der Waals surface area contributed by atoms with Gasteiger partial charge in [-0.15, -0.1) is 0 Å². The molecule has 0 unspecified atom stereocenters. The van der Waals surface area contributed by atoms with Gasteiger partial charge < -0.3 is 0 Å². The van der Waals surface area contributed by atoms with Crippen LogP contribution in [0.5, 0.6) is 0 Å². The van der Waals surface area contributed by atoms with E-state index >= 15 is 0 Å². The average Bonchev–Trinajstić information content (AvgIpc) is 2.78. The minimum atomic E-state index is 0.0799. The van der Waals surface area contributed by atoms with E-state index in [0.717, 1.165) is 5.41 Å². The van der Waals surface area contributed by atoms with Crippen molar-refractivity contribution in [1.82, 2.24) is 0 Å². The van der Waals surface area contributed by atoms with Crippen LogP contribution in [-0.2, 0) is 0 Å². The predicted octanol–water partition coefficient (Wildman–Crippen LogP) is 5.79. The van der Waals surface area contributed by atoms with Crippen molar-refractivity contribution in [2.75, 3.05) is 0 Å². The van der Waals surface area contributed by atoms with Crippen LogP contribution < -0.4 is 0 Å². The van der Waals surface area contributed by atoms with E-state index in [0.29, 0.717) is 15.5 Å². The molecule has 0 N–H and O–H groups in total. The van der Waals surface area contributed by atoms with E-state index in [1.165, 1.54) is 32.1 Å². The van der Waals surface area contributed by atoms with Crippen molar-refractivity contribution in [3.63, 3.8) is 0 Å². The van der Waals surface area contributed by atoms with Crippen molar-refractivity contribution in [1.29, 1.82) is 0 Å². The van der Waals surface area contributed by atoms with Gasteiger partial charge in [-0.3, -0.25) is 0 Å². The lowest BCUT2D eigenvalue weighted by Gasteiger charge is -2.59. The van der Waals surface area contributed by atoms with Crippen molar-refractivity contribution in [2.45, 2.75) is 96.0 Å². The van der Waals surface area contributed by atoms with Gasteiger partial charge in [0.2, 0.25) is 0 Å². The molecule has 0 amide bonds. The Labute approximate surface area is 110 Å². The Morgan fingerprint density at radius 3 is 1.65 bits per heavy atom. The fraction of sp³-hybridized carbons (Fsp3) is 1.00. The van der Waals surface area contributed by atoms with E-state index in [1.54, 1.807) is 0 Å². The first-order chi connectivity index (χ1) is 7.55. The highest BCUT2D eigenvalue weighted by Crippen LogP contribution is 2.79. The summed E-state index contributed by atoms with van der Waals surface area (Å²) in [6.07, 6.45) is 7.35. The lowest BCUT2D eigenvalue weighted by molar-refractivity contribution is 0.307. The van der Waals surface area contributed by atoms with Crippen LogP contribution in [0.15, 0.2) is 0 Å². The van der Waals surface area contributed by atoms with E-state index in [1.807, 2.05) is 0 Å². The van der Waals surface area contributed by atoms with Crippen LogP contribution in [0.2, 0.25) is 0 Å². The Morgan fingerprint density at radius 1 is 0.941 bits per heavy atom. The Morgan fingerprint density at radius 2 is 1.35 bits per heavy atom. The zero-order valence-corrected chi connectivity index (χ0v) is 13.9. The molecule has 2 aliphatic rings. The summed E-state index contributed by atoms with van der Waals surface area (Å²) >= 11 is 0. The van der Waals surface area contributed by atoms with E-state index in [-0.39, 0.29) is 7.92 Å². The van der Waals surface area contributed by atoms with Crippen molar-refractivity contribution < 1.29 is 0 Å². The molecule has 0 aromatic heterocycles. The highest BCUT2D eigenvalue weighted by molar-refractivity contribution is 7.62. The number of rotatable bonds is 2. The average molecular weight is 254 g/mol. The van der Waals surface area contributed by atoms with Gasteiger partial charge in [-0.05, 0) is 53.0 Å². The molecule has 1 aliphatic carbocycles. The zero-order chi connectivity index (χ0) is 13.1. The number of hydrogen-bond acceptors (Lipinski definition) is 0. The molecule has 0 nitrogen and oxygen atoms in total. The van der Waals surface area contributed by atoms with Crippen LogP contribution in [0.3, 0.4) is 0 Å². The summed E-state index contributed by atoms with van der Waals surface area (Å²) in [4.78, 5) is 0. The first-order valence-corrected chi connectivity index (χ1v) is 8.69. The van der Waals surface area contributed by atoms with Crippen molar-refractivity contribution in [3.05, 3.63) is 0 Å². The maximum Gasteiger partial charge on any atom is -0.0136 e. The second-order valence-electron chi connectivity index (χ2n) is 8.48. The summed E-state index contributed by atoms with van der Waals surface area (Å²) in [6, 6.07) is 0. The van der Waals surface area contributed by atoms with Gasteiger partial charge in [0.1, 0.15) is 0 Å². The maximum absolute atomic E-state index is 2.57. The molecule has 2 fully saturated rings. The largest absolute Gasteiger partial charge is 0.0892 e. The SMILES string of the molecule is CCC(C)(C)P1C(C)(C)CC2(CC2)CC1(C)C. The van der Waals surface area contributed by atoms with E-state index in [2.05, 4.69) is 48.5 Å². The van der Waals surface area contributed by atoms with Crippen LogP contribution in [0.4, 0.5) is 0 Å². The first-order valence-electron chi connectivity index (χ1n) is 7.35. The molecule has 1 spiro atoms. The molecule has 0 aromatic rings. The molecule has 17 heavy (non-hydrogen) atoms. The Balaban J connectivity index is 2.35. The van der Waals surface area contributed by atoms with Gasteiger partial charge in [-0.25, -0.2) is 0 Å². The third-order valence-corrected chi connectivity index (χ3v) is 9.52. The summed E-state index contributed by atoms with van der Waals surface area (Å²) in [5.41, 5.74) is 0.760. The molecule has 100 valence electrons. The van der Waals surface area contributed by atoms with Gasteiger partial charge in [-0.2, -0.15) is 0 Å². The molecule has 0 bridgehead atoms. The molecule has 1 saturated heterocycles. The van der Waals surface area contributed by atoms with Gasteiger partial charge in [0.15, 0.2) is 0 Å². The lowest BCUT2D eigenvalue weighted by Crippen LogP contribution is -2.46. The van der Waals surface area contributed by atoms with Crippen molar-refractivity contribution >= 4 is 7.92 Å². The third kappa shape index (κ3) is 2.32. The van der Waals surface area contributed by atoms with Gasteiger partial charge in [-0.1, -0.05) is 56.4 Å². The van der Waals surface area contributed by atoms with Crippen molar-refractivity contribution in [2.24, 2.45) is 5.41 Å². The second-order valence-corrected chi connectivity index (χ2v) is 12.8. The Bertz CT molecular complexity index is 287. The minimum Gasteiger partial charge on any atom is -0.0892 e. The molecule has 2 rings (SSSR count). The fourth-order valence-electron chi connectivity index (χ4n) is 5.20. The molecule has 1 heteroatoms. The molecule has 1 heterocycles. The minimum absolute atomic E-state index is 0.0799. The predicted molar refractivity (Wildman–Crippen MR) is 80.3 cm³/mol. The van der Waals surface area contributed by atoms with Gasteiger partial charge in [0.25, 0.3) is 0 Å².